The SMILES string of the molecule is CS(=O)(=O)N1CCCC(C(=O)NCCCC2CCCC2)C1. The molecule has 5 nitrogen and oxygen atoms in total. The van der Waals surface area contributed by atoms with Crippen molar-refractivity contribution >= 4 is 15.9 Å². The van der Waals surface area contributed by atoms with Crippen LogP contribution in [0.5, 0.6) is 0 Å². The van der Waals surface area contributed by atoms with Crippen LogP contribution in [0.4, 0.5) is 0 Å². The maximum atomic E-state index is 12.1. The van der Waals surface area contributed by atoms with Crippen molar-refractivity contribution in [1.82, 2.24) is 9.62 Å². The van der Waals surface area contributed by atoms with Gasteiger partial charge in [-0.15, -0.1) is 0 Å². The van der Waals surface area contributed by atoms with Gasteiger partial charge in [0.05, 0.1) is 12.2 Å². The van der Waals surface area contributed by atoms with Crippen molar-refractivity contribution in [2.45, 2.75) is 51.4 Å². The molecule has 0 bridgehead atoms. The van der Waals surface area contributed by atoms with Crippen molar-refractivity contribution < 1.29 is 13.2 Å². The molecule has 21 heavy (non-hydrogen) atoms. The highest BCUT2D eigenvalue weighted by Crippen LogP contribution is 2.28. The summed E-state index contributed by atoms with van der Waals surface area (Å²) in [5.74, 6) is 0.701. The highest BCUT2D eigenvalue weighted by atomic mass is 32.2. The summed E-state index contributed by atoms with van der Waals surface area (Å²) in [7, 11) is -3.18. The zero-order valence-electron chi connectivity index (χ0n) is 13.0. The Balaban J connectivity index is 1.67. The van der Waals surface area contributed by atoms with Crippen LogP contribution in [0.1, 0.15) is 51.4 Å². The average molecular weight is 316 g/mol. The van der Waals surface area contributed by atoms with Gasteiger partial charge in [0, 0.05) is 19.6 Å². The molecular formula is C15H28N2O3S. The summed E-state index contributed by atoms with van der Waals surface area (Å²) in [5, 5.41) is 2.99. The van der Waals surface area contributed by atoms with E-state index in [-0.39, 0.29) is 11.8 Å². The molecule has 2 fully saturated rings. The Morgan fingerprint density at radius 2 is 1.90 bits per heavy atom. The number of amides is 1. The van der Waals surface area contributed by atoms with Crippen molar-refractivity contribution in [2.75, 3.05) is 25.9 Å². The highest BCUT2D eigenvalue weighted by Gasteiger charge is 2.29. The van der Waals surface area contributed by atoms with Crippen LogP contribution in [-0.2, 0) is 14.8 Å². The summed E-state index contributed by atoms with van der Waals surface area (Å²) in [6.45, 7) is 1.61. The number of carbonyl (C=O) groups is 1. The van der Waals surface area contributed by atoms with Gasteiger partial charge in [0.1, 0.15) is 0 Å². The first-order chi connectivity index (χ1) is 9.97. The zero-order chi connectivity index (χ0) is 15.3. The summed E-state index contributed by atoms with van der Waals surface area (Å²) in [4.78, 5) is 12.1. The van der Waals surface area contributed by atoms with Crippen LogP contribution in [0.2, 0.25) is 0 Å². The van der Waals surface area contributed by atoms with E-state index in [1.807, 2.05) is 0 Å². The summed E-state index contributed by atoms with van der Waals surface area (Å²) in [5.41, 5.74) is 0. The van der Waals surface area contributed by atoms with E-state index in [0.29, 0.717) is 13.1 Å². The second-order valence-corrected chi connectivity index (χ2v) is 8.53. The van der Waals surface area contributed by atoms with Crippen molar-refractivity contribution in [2.24, 2.45) is 11.8 Å². The van der Waals surface area contributed by atoms with Crippen molar-refractivity contribution in [3.8, 4) is 0 Å². The molecule has 1 aliphatic carbocycles. The monoisotopic (exact) mass is 316 g/mol. The molecular weight excluding hydrogens is 288 g/mol. The third-order valence-electron chi connectivity index (χ3n) is 4.79. The topological polar surface area (TPSA) is 66.5 Å². The molecule has 0 aromatic heterocycles. The molecule has 2 rings (SSSR count). The maximum absolute atomic E-state index is 12.1. The first-order valence-corrected chi connectivity index (χ1v) is 10.0. The Morgan fingerprint density at radius 3 is 2.57 bits per heavy atom. The molecule has 2 aliphatic rings. The van der Waals surface area contributed by atoms with E-state index in [9.17, 15) is 13.2 Å². The minimum atomic E-state index is -3.18. The van der Waals surface area contributed by atoms with Crippen LogP contribution < -0.4 is 5.32 Å². The van der Waals surface area contributed by atoms with Crippen LogP contribution >= 0.6 is 0 Å². The maximum Gasteiger partial charge on any atom is 0.224 e. The number of nitrogens with zero attached hydrogens (tertiary/aromatic N) is 1. The Morgan fingerprint density at radius 1 is 1.19 bits per heavy atom. The first kappa shape index (κ1) is 16.7. The van der Waals surface area contributed by atoms with E-state index >= 15 is 0 Å². The lowest BCUT2D eigenvalue weighted by atomic mass is 9.98. The molecule has 0 radical (unpaired) electrons. The second kappa shape index (κ2) is 7.58. The fourth-order valence-corrected chi connectivity index (χ4v) is 4.41. The Hall–Kier alpha value is -0.620. The normalized spacial score (nSPS) is 25.1. The van der Waals surface area contributed by atoms with E-state index < -0.39 is 10.0 Å². The molecule has 1 heterocycles. The third kappa shape index (κ3) is 5.25. The number of rotatable bonds is 6. The van der Waals surface area contributed by atoms with Crippen molar-refractivity contribution in [3.63, 3.8) is 0 Å². The second-order valence-electron chi connectivity index (χ2n) is 6.54. The summed E-state index contributed by atoms with van der Waals surface area (Å²) >= 11 is 0. The minimum absolute atomic E-state index is 0.0229. The summed E-state index contributed by atoms with van der Waals surface area (Å²) in [6, 6.07) is 0. The molecule has 1 unspecified atom stereocenters. The lowest BCUT2D eigenvalue weighted by molar-refractivity contribution is -0.126. The zero-order valence-corrected chi connectivity index (χ0v) is 13.8. The molecule has 1 saturated carbocycles. The smallest absolute Gasteiger partial charge is 0.224 e. The molecule has 1 aliphatic heterocycles. The molecule has 1 saturated heterocycles. The summed E-state index contributed by atoms with van der Waals surface area (Å²) < 4.78 is 24.5. The van der Waals surface area contributed by atoms with E-state index in [4.69, 9.17) is 0 Å². The molecule has 0 aromatic carbocycles. The summed E-state index contributed by atoms with van der Waals surface area (Å²) in [6.07, 6.45) is 10.4. The fraction of sp³-hybridized carbons (Fsp3) is 0.933. The van der Waals surface area contributed by atoms with Gasteiger partial charge in [-0.2, -0.15) is 0 Å². The Kier molecular flexibility index (Phi) is 6.05. The lowest BCUT2D eigenvalue weighted by Gasteiger charge is -2.30. The van der Waals surface area contributed by atoms with Gasteiger partial charge >= 0.3 is 0 Å². The number of nitrogens with one attached hydrogen (secondary N) is 1. The predicted octanol–water partition coefficient (Wildman–Crippen LogP) is 1.74. The van der Waals surface area contributed by atoms with Gasteiger partial charge in [0.2, 0.25) is 15.9 Å². The fourth-order valence-electron chi connectivity index (χ4n) is 3.50. The van der Waals surface area contributed by atoms with Crippen LogP contribution in [0.15, 0.2) is 0 Å². The van der Waals surface area contributed by atoms with Crippen LogP contribution in [-0.4, -0.2) is 44.5 Å². The van der Waals surface area contributed by atoms with Crippen LogP contribution in [0.25, 0.3) is 0 Å². The van der Waals surface area contributed by atoms with Gasteiger partial charge in [0.25, 0.3) is 0 Å². The van der Waals surface area contributed by atoms with E-state index in [0.717, 1.165) is 31.7 Å². The quantitative estimate of drug-likeness (QED) is 0.759. The highest BCUT2D eigenvalue weighted by molar-refractivity contribution is 7.88. The van der Waals surface area contributed by atoms with Gasteiger partial charge in [0.15, 0.2) is 0 Å². The minimum Gasteiger partial charge on any atom is -0.356 e. The molecule has 1 atom stereocenters. The Bertz CT molecular complexity index is 444. The van der Waals surface area contributed by atoms with Gasteiger partial charge in [-0.3, -0.25) is 4.79 Å². The van der Waals surface area contributed by atoms with Gasteiger partial charge < -0.3 is 5.32 Å². The van der Waals surface area contributed by atoms with Gasteiger partial charge in [-0.1, -0.05) is 25.7 Å². The van der Waals surface area contributed by atoms with Crippen LogP contribution in [0.3, 0.4) is 0 Å². The number of sulfonamides is 1. The number of hydrogen-bond donors (Lipinski definition) is 1. The van der Waals surface area contributed by atoms with E-state index in [1.54, 1.807) is 0 Å². The molecule has 122 valence electrons. The lowest BCUT2D eigenvalue weighted by Crippen LogP contribution is -2.45. The largest absolute Gasteiger partial charge is 0.356 e. The van der Waals surface area contributed by atoms with Crippen LogP contribution in [0, 0.1) is 11.8 Å². The van der Waals surface area contributed by atoms with E-state index in [2.05, 4.69) is 5.32 Å². The first-order valence-electron chi connectivity index (χ1n) is 8.19. The standard InChI is InChI=1S/C15H28N2O3S/c1-21(19,20)17-11-5-9-14(12-17)15(18)16-10-4-8-13-6-2-3-7-13/h13-14H,2-12H2,1H3,(H,16,18). The molecule has 0 spiro atoms. The number of hydrogen-bond acceptors (Lipinski definition) is 3. The molecule has 1 amide bonds. The van der Waals surface area contributed by atoms with Gasteiger partial charge in [-0.05, 0) is 31.6 Å². The predicted molar refractivity (Wildman–Crippen MR) is 83.3 cm³/mol. The van der Waals surface area contributed by atoms with Crippen molar-refractivity contribution in [3.05, 3.63) is 0 Å². The number of piperidine rings is 1. The number of carbonyl (C=O) groups excluding carboxylic acids is 1. The van der Waals surface area contributed by atoms with Gasteiger partial charge in [-0.25, -0.2) is 12.7 Å². The molecule has 6 heteroatoms. The third-order valence-corrected chi connectivity index (χ3v) is 6.06. The van der Waals surface area contributed by atoms with Crippen molar-refractivity contribution in [1.29, 1.82) is 0 Å². The molecule has 1 N–H and O–H groups in total. The average Bonchev–Trinajstić information content (AvgIpc) is 2.96. The Labute approximate surface area is 128 Å². The molecule has 0 aromatic rings. The van der Waals surface area contributed by atoms with E-state index in [1.165, 1.54) is 42.7 Å².